The number of aliphatic hydroxyl groups excluding tert-OH is 1. The van der Waals surface area contributed by atoms with Gasteiger partial charge in [-0.25, -0.2) is 0 Å². The highest BCUT2D eigenvalue weighted by Crippen LogP contribution is 2.26. The van der Waals surface area contributed by atoms with Gasteiger partial charge < -0.3 is 14.6 Å². The molecule has 0 fully saturated rings. The first kappa shape index (κ1) is 15.9. The van der Waals surface area contributed by atoms with Crippen LogP contribution in [0.1, 0.15) is 53.9 Å². The van der Waals surface area contributed by atoms with E-state index in [1.807, 2.05) is 34.6 Å². The quantitative estimate of drug-likeness (QED) is 0.699. The molecule has 0 aromatic heterocycles. The number of ether oxygens (including phenoxy) is 2. The topological polar surface area (TPSA) is 38.7 Å². The SMILES string of the molecule is CCOC(C)(CC)C(O)CCC(C)(C)OC. The second kappa shape index (κ2) is 6.58. The van der Waals surface area contributed by atoms with Gasteiger partial charge in [-0.2, -0.15) is 0 Å². The Labute approximate surface area is 100 Å². The molecule has 0 amide bonds. The van der Waals surface area contributed by atoms with Crippen LogP contribution in [0.15, 0.2) is 0 Å². The van der Waals surface area contributed by atoms with Crippen molar-refractivity contribution in [1.29, 1.82) is 0 Å². The largest absolute Gasteiger partial charge is 0.390 e. The Kier molecular flexibility index (Phi) is 6.53. The summed E-state index contributed by atoms with van der Waals surface area (Å²) in [6, 6.07) is 0. The Bertz CT molecular complexity index is 192. The van der Waals surface area contributed by atoms with E-state index in [1.165, 1.54) is 0 Å². The summed E-state index contributed by atoms with van der Waals surface area (Å²) in [5.41, 5.74) is -0.611. The normalized spacial score (nSPS) is 18.2. The highest BCUT2D eigenvalue weighted by Gasteiger charge is 2.33. The van der Waals surface area contributed by atoms with E-state index < -0.39 is 11.7 Å². The molecule has 1 N–H and O–H groups in total. The summed E-state index contributed by atoms with van der Waals surface area (Å²) in [5.74, 6) is 0. The van der Waals surface area contributed by atoms with Gasteiger partial charge in [0.05, 0.1) is 17.3 Å². The number of hydrogen-bond donors (Lipinski definition) is 1. The fourth-order valence-corrected chi connectivity index (χ4v) is 1.66. The maximum atomic E-state index is 10.2. The van der Waals surface area contributed by atoms with Gasteiger partial charge in [-0.1, -0.05) is 6.92 Å². The molecule has 0 aromatic carbocycles. The first-order chi connectivity index (χ1) is 7.31. The van der Waals surface area contributed by atoms with Crippen molar-refractivity contribution in [3.63, 3.8) is 0 Å². The Morgan fingerprint density at radius 1 is 1.19 bits per heavy atom. The molecule has 0 spiro atoms. The van der Waals surface area contributed by atoms with Crippen LogP contribution in [0.3, 0.4) is 0 Å². The van der Waals surface area contributed by atoms with Crippen molar-refractivity contribution < 1.29 is 14.6 Å². The monoisotopic (exact) mass is 232 g/mol. The zero-order valence-corrected chi connectivity index (χ0v) is 11.7. The van der Waals surface area contributed by atoms with Crippen molar-refractivity contribution in [2.24, 2.45) is 0 Å². The smallest absolute Gasteiger partial charge is 0.0909 e. The summed E-state index contributed by atoms with van der Waals surface area (Å²) in [6.07, 6.45) is 1.90. The van der Waals surface area contributed by atoms with E-state index >= 15 is 0 Å². The summed E-state index contributed by atoms with van der Waals surface area (Å²) >= 11 is 0. The van der Waals surface area contributed by atoms with E-state index in [0.29, 0.717) is 13.0 Å². The number of rotatable bonds is 8. The molecule has 0 saturated heterocycles. The summed E-state index contributed by atoms with van der Waals surface area (Å²) in [6.45, 7) is 10.7. The van der Waals surface area contributed by atoms with Crippen LogP contribution in [-0.4, -0.2) is 36.1 Å². The molecule has 3 nitrogen and oxygen atoms in total. The van der Waals surface area contributed by atoms with E-state index in [-0.39, 0.29) is 5.60 Å². The van der Waals surface area contributed by atoms with Gasteiger partial charge in [-0.05, 0) is 47.0 Å². The van der Waals surface area contributed by atoms with E-state index in [1.54, 1.807) is 7.11 Å². The van der Waals surface area contributed by atoms with Crippen LogP contribution in [0.25, 0.3) is 0 Å². The highest BCUT2D eigenvalue weighted by molar-refractivity contribution is 4.84. The van der Waals surface area contributed by atoms with Crippen LogP contribution < -0.4 is 0 Å². The lowest BCUT2D eigenvalue weighted by Crippen LogP contribution is -2.42. The summed E-state index contributed by atoms with van der Waals surface area (Å²) < 4.78 is 11.0. The first-order valence-electron chi connectivity index (χ1n) is 6.18. The van der Waals surface area contributed by atoms with Gasteiger partial charge in [0.25, 0.3) is 0 Å². The third-order valence-electron chi connectivity index (χ3n) is 3.45. The molecule has 16 heavy (non-hydrogen) atoms. The Hall–Kier alpha value is -0.120. The van der Waals surface area contributed by atoms with E-state index in [0.717, 1.165) is 12.8 Å². The standard InChI is InChI=1S/C13H28O3/c1-7-13(5,16-8-2)11(14)9-10-12(3,4)15-6/h11,14H,7-10H2,1-6H3. The van der Waals surface area contributed by atoms with Crippen LogP contribution in [0, 0.1) is 0 Å². The van der Waals surface area contributed by atoms with Crippen LogP contribution >= 0.6 is 0 Å². The van der Waals surface area contributed by atoms with Crippen molar-refractivity contribution >= 4 is 0 Å². The molecule has 2 unspecified atom stereocenters. The van der Waals surface area contributed by atoms with Gasteiger partial charge >= 0.3 is 0 Å². The van der Waals surface area contributed by atoms with Crippen molar-refractivity contribution in [3.05, 3.63) is 0 Å². The summed E-state index contributed by atoms with van der Waals surface area (Å²) in [5, 5.41) is 10.2. The van der Waals surface area contributed by atoms with Gasteiger partial charge in [0.1, 0.15) is 0 Å². The van der Waals surface area contributed by atoms with Crippen molar-refractivity contribution in [1.82, 2.24) is 0 Å². The maximum Gasteiger partial charge on any atom is 0.0909 e. The molecule has 3 heteroatoms. The number of methoxy groups -OCH3 is 1. The van der Waals surface area contributed by atoms with Crippen LogP contribution in [0.2, 0.25) is 0 Å². The molecule has 0 aliphatic rings. The van der Waals surface area contributed by atoms with Crippen molar-refractivity contribution in [2.45, 2.75) is 71.2 Å². The molecule has 98 valence electrons. The van der Waals surface area contributed by atoms with E-state index in [9.17, 15) is 5.11 Å². The summed E-state index contributed by atoms with van der Waals surface area (Å²) in [7, 11) is 1.70. The number of hydrogen-bond acceptors (Lipinski definition) is 3. The Morgan fingerprint density at radius 2 is 1.75 bits per heavy atom. The van der Waals surface area contributed by atoms with Gasteiger partial charge in [-0.15, -0.1) is 0 Å². The molecule has 0 aliphatic heterocycles. The zero-order valence-electron chi connectivity index (χ0n) is 11.7. The third kappa shape index (κ3) is 4.81. The molecule has 2 atom stereocenters. The molecule has 0 aromatic rings. The number of aliphatic hydroxyl groups is 1. The van der Waals surface area contributed by atoms with Crippen LogP contribution in [0.5, 0.6) is 0 Å². The van der Waals surface area contributed by atoms with Crippen molar-refractivity contribution in [3.8, 4) is 0 Å². The second-order valence-electron chi connectivity index (χ2n) is 5.12. The minimum atomic E-state index is -0.438. The lowest BCUT2D eigenvalue weighted by molar-refractivity contribution is -0.119. The predicted molar refractivity (Wildman–Crippen MR) is 66.7 cm³/mol. The fraction of sp³-hybridized carbons (Fsp3) is 1.00. The van der Waals surface area contributed by atoms with Gasteiger partial charge in [0, 0.05) is 13.7 Å². The average Bonchev–Trinajstić information content (AvgIpc) is 2.26. The van der Waals surface area contributed by atoms with Gasteiger partial charge in [0.2, 0.25) is 0 Å². The van der Waals surface area contributed by atoms with Gasteiger partial charge in [0.15, 0.2) is 0 Å². The fourth-order valence-electron chi connectivity index (χ4n) is 1.66. The maximum absolute atomic E-state index is 10.2. The van der Waals surface area contributed by atoms with Gasteiger partial charge in [-0.3, -0.25) is 0 Å². The molecule has 0 bridgehead atoms. The van der Waals surface area contributed by atoms with E-state index in [2.05, 4.69) is 0 Å². The molecule has 0 rings (SSSR count). The third-order valence-corrected chi connectivity index (χ3v) is 3.45. The Balaban J connectivity index is 4.27. The Morgan fingerprint density at radius 3 is 2.12 bits per heavy atom. The zero-order chi connectivity index (χ0) is 12.8. The molecular weight excluding hydrogens is 204 g/mol. The van der Waals surface area contributed by atoms with Crippen LogP contribution in [-0.2, 0) is 9.47 Å². The average molecular weight is 232 g/mol. The molecular formula is C13H28O3. The second-order valence-corrected chi connectivity index (χ2v) is 5.12. The minimum Gasteiger partial charge on any atom is -0.390 e. The van der Waals surface area contributed by atoms with Crippen LogP contribution in [0.4, 0.5) is 0 Å². The van der Waals surface area contributed by atoms with E-state index in [4.69, 9.17) is 9.47 Å². The predicted octanol–water partition coefficient (Wildman–Crippen LogP) is 2.76. The first-order valence-corrected chi connectivity index (χ1v) is 6.18. The lowest BCUT2D eigenvalue weighted by atomic mass is 9.89. The molecule has 0 heterocycles. The minimum absolute atomic E-state index is 0.179. The summed E-state index contributed by atoms with van der Waals surface area (Å²) in [4.78, 5) is 0. The molecule has 0 radical (unpaired) electrons. The molecule has 0 aliphatic carbocycles. The lowest BCUT2D eigenvalue weighted by Gasteiger charge is -2.35. The van der Waals surface area contributed by atoms with Crippen molar-refractivity contribution in [2.75, 3.05) is 13.7 Å². The highest BCUT2D eigenvalue weighted by atomic mass is 16.5. The molecule has 0 saturated carbocycles.